The number of nitrogens with zero attached hydrogens (tertiary/aromatic N) is 1. The van der Waals surface area contributed by atoms with E-state index in [1.807, 2.05) is 24.3 Å². The fourth-order valence-electron chi connectivity index (χ4n) is 2.65. The molecule has 0 atom stereocenters. The van der Waals surface area contributed by atoms with Crippen LogP contribution >= 0.6 is 15.9 Å². The number of hydrogen-bond donors (Lipinski definition) is 1. The van der Waals surface area contributed by atoms with Crippen molar-refractivity contribution in [3.8, 4) is 23.0 Å². The molecule has 0 aromatic heterocycles. The third kappa shape index (κ3) is 6.20. The molecule has 3 aromatic rings. The molecule has 0 bridgehead atoms. The monoisotopic (exact) mass is 481 g/mol. The minimum Gasteiger partial charge on any atom is -0.508 e. The number of aliphatic imine (C=N–C) groups is 1. The summed E-state index contributed by atoms with van der Waals surface area (Å²) in [6.07, 6.45) is 4.62. The zero-order chi connectivity index (χ0) is 22.2. The molecule has 0 radical (unpaired) electrons. The van der Waals surface area contributed by atoms with Gasteiger partial charge in [-0.05, 0) is 81.7 Å². The Bertz CT molecular complexity index is 1120. The highest BCUT2D eigenvalue weighted by Crippen LogP contribution is 2.36. The van der Waals surface area contributed by atoms with Crippen LogP contribution in [-0.4, -0.2) is 31.5 Å². The summed E-state index contributed by atoms with van der Waals surface area (Å²) < 4.78 is 16.6. The molecule has 0 saturated carbocycles. The van der Waals surface area contributed by atoms with Crippen molar-refractivity contribution in [2.24, 2.45) is 4.99 Å². The molecule has 3 aromatic carbocycles. The zero-order valence-corrected chi connectivity index (χ0v) is 18.5. The minimum absolute atomic E-state index is 0.176. The number of esters is 1. The van der Waals surface area contributed by atoms with Crippen LogP contribution in [0.5, 0.6) is 23.0 Å². The van der Waals surface area contributed by atoms with E-state index >= 15 is 0 Å². The van der Waals surface area contributed by atoms with Crippen LogP contribution in [0.25, 0.3) is 6.08 Å². The van der Waals surface area contributed by atoms with Gasteiger partial charge in [0.15, 0.2) is 11.5 Å². The zero-order valence-electron chi connectivity index (χ0n) is 16.9. The molecular weight excluding hydrogens is 462 g/mol. The number of benzene rings is 3. The fourth-order valence-corrected chi connectivity index (χ4v) is 3.19. The predicted molar refractivity (Wildman–Crippen MR) is 124 cm³/mol. The molecule has 0 spiro atoms. The van der Waals surface area contributed by atoms with Crippen molar-refractivity contribution in [2.75, 3.05) is 14.2 Å². The maximum absolute atomic E-state index is 12.3. The van der Waals surface area contributed by atoms with Gasteiger partial charge in [-0.3, -0.25) is 4.99 Å². The number of phenols is 1. The first-order valence-electron chi connectivity index (χ1n) is 9.23. The summed E-state index contributed by atoms with van der Waals surface area (Å²) in [5, 5.41) is 9.35. The molecule has 7 heteroatoms. The van der Waals surface area contributed by atoms with Crippen LogP contribution in [0, 0.1) is 0 Å². The minimum atomic E-state index is -0.549. The first-order valence-corrected chi connectivity index (χ1v) is 10.0. The number of halogens is 1. The number of ether oxygens (including phenoxy) is 3. The molecule has 0 unspecified atom stereocenters. The Labute approximate surface area is 188 Å². The Kier molecular flexibility index (Phi) is 7.45. The number of carbonyl (C=O) groups is 1. The quantitative estimate of drug-likeness (QED) is 0.207. The van der Waals surface area contributed by atoms with E-state index in [4.69, 9.17) is 14.2 Å². The lowest BCUT2D eigenvalue weighted by Crippen LogP contribution is -2.06. The van der Waals surface area contributed by atoms with Crippen LogP contribution in [-0.2, 0) is 4.79 Å². The number of carbonyl (C=O) groups excluding carboxylic acids is 1. The molecule has 0 aliphatic rings. The lowest BCUT2D eigenvalue weighted by Gasteiger charge is -2.11. The average molecular weight is 482 g/mol. The van der Waals surface area contributed by atoms with Crippen LogP contribution in [0.3, 0.4) is 0 Å². The Morgan fingerprint density at radius 1 is 1.00 bits per heavy atom. The third-order valence-corrected chi connectivity index (χ3v) is 4.76. The topological polar surface area (TPSA) is 77.4 Å². The van der Waals surface area contributed by atoms with Gasteiger partial charge in [-0.15, -0.1) is 0 Å². The first kappa shape index (κ1) is 22.1. The van der Waals surface area contributed by atoms with Gasteiger partial charge in [0.1, 0.15) is 11.5 Å². The van der Waals surface area contributed by atoms with Crippen LogP contribution in [0.1, 0.15) is 11.1 Å². The Balaban J connectivity index is 1.75. The van der Waals surface area contributed by atoms with Crippen LogP contribution < -0.4 is 14.2 Å². The summed E-state index contributed by atoms with van der Waals surface area (Å²) in [4.78, 5) is 16.7. The summed E-state index contributed by atoms with van der Waals surface area (Å²) in [5.74, 6) is 0.973. The Morgan fingerprint density at radius 2 is 1.77 bits per heavy atom. The van der Waals surface area contributed by atoms with E-state index in [0.717, 1.165) is 11.1 Å². The van der Waals surface area contributed by atoms with Crippen molar-refractivity contribution < 1.29 is 24.1 Å². The number of rotatable bonds is 7. The van der Waals surface area contributed by atoms with Crippen molar-refractivity contribution in [1.82, 2.24) is 0 Å². The molecule has 0 amide bonds. The molecule has 1 N–H and O–H groups in total. The van der Waals surface area contributed by atoms with Gasteiger partial charge in [-0.2, -0.15) is 0 Å². The van der Waals surface area contributed by atoms with Gasteiger partial charge in [0, 0.05) is 12.3 Å². The fraction of sp³-hybridized carbons (Fsp3) is 0.0833. The van der Waals surface area contributed by atoms with Gasteiger partial charge in [0.05, 0.1) is 24.4 Å². The SMILES string of the molecule is COc1cccc(C=CC(=O)Oc2c(Br)cc(C=Nc3ccc(O)cc3)cc2OC)c1. The van der Waals surface area contributed by atoms with E-state index < -0.39 is 5.97 Å². The second-order valence-electron chi connectivity index (χ2n) is 6.34. The second-order valence-corrected chi connectivity index (χ2v) is 7.19. The van der Waals surface area contributed by atoms with Gasteiger partial charge in [0.2, 0.25) is 0 Å². The van der Waals surface area contributed by atoms with Gasteiger partial charge in [0.25, 0.3) is 0 Å². The molecule has 0 fully saturated rings. The van der Waals surface area contributed by atoms with Crippen LogP contribution in [0.2, 0.25) is 0 Å². The largest absolute Gasteiger partial charge is 0.508 e. The van der Waals surface area contributed by atoms with Crippen LogP contribution in [0.15, 0.2) is 76.2 Å². The number of phenolic OH excluding ortho intramolecular Hbond substituents is 1. The van der Waals surface area contributed by atoms with Crippen molar-refractivity contribution in [2.45, 2.75) is 0 Å². The molecule has 0 aliphatic carbocycles. The normalized spacial score (nSPS) is 11.1. The van der Waals surface area contributed by atoms with Gasteiger partial charge < -0.3 is 19.3 Å². The highest BCUT2D eigenvalue weighted by molar-refractivity contribution is 9.10. The van der Waals surface area contributed by atoms with E-state index in [1.54, 1.807) is 55.8 Å². The predicted octanol–water partition coefficient (Wildman–Crippen LogP) is 5.54. The van der Waals surface area contributed by atoms with E-state index in [2.05, 4.69) is 20.9 Å². The van der Waals surface area contributed by atoms with E-state index in [0.29, 0.717) is 21.7 Å². The summed E-state index contributed by atoms with van der Waals surface area (Å²) in [5.41, 5.74) is 2.23. The smallest absolute Gasteiger partial charge is 0.336 e. The number of hydrogen-bond acceptors (Lipinski definition) is 6. The van der Waals surface area contributed by atoms with Gasteiger partial charge in [-0.25, -0.2) is 4.79 Å². The van der Waals surface area contributed by atoms with E-state index in [-0.39, 0.29) is 11.5 Å². The standard InChI is InChI=1S/C24H20BrNO5/c1-29-20-5-3-4-16(12-20)6-11-23(28)31-24-21(25)13-17(14-22(24)30-2)15-26-18-7-9-19(27)10-8-18/h3-15,27H,1-2H3. The summed E-state index contributed by atoms with van der Waals surface area (Å²) >= 11 is 3.43. The van der Waals surface area contributed by atoms with Gasteiger partial charge >= 0.3 is 5.97 Å². The summed E-state index contributed by atoms with van der Waals surface area (Å²) in [6, 6.07) is 17.3. The molecule has 0 aliphatic heterocycles. The first-order chi connectivity index (χ1) is 15.0. The maximum Gasteiger partial charge on any atom is 0.336 e. The maximum atomic E-state index is 12.3. The van der Waals surface area contributed by atoms with E-state index in [1.165, 1.54) is 13.2 Å². The van der Waals surface area contributed by atoms with Crippen molar-refractivity contribution >= 4 is 39.9 Å². The van der Waals surface area contributed by atoms with Crippen LogP contribution in [0.4, 0.5) is 5.69 Å². The Morgan fingerprint density at radius 3 is 2.48 bits per heavy atom. The Hall–Kier alpha value is -3.58. The highest BCUT2D eigenvalue weighted by atomic mass is 79.9. The molecule has 0 heterocycles. The van der Waals surface area contributed by atoms with Crippen molar-refractivity contribution in [1.29, 1.82) is 0 Å². The summed E-state index contributed by atoms with van der Waals surface area (Å²) in [7, 11) is 3.08. The number of aromatic hydroxyl groups is 1. The molecule has 0 saturated heterocycles. The summed E-state index contributed by atoms with van der Waals surface area (Å²) in [6.45, 7) is 0. The van der Waals surface area contributed by atoms with E-state index in [9.17, 15) is 9.90 Å². The lowest BCUT2D eigenvalue weighted by atomic mass is 10.2. The molecule has 3 rings (SSSR count). The highest BCUT2D eigenvalue weighted by Gasteiger charge is 2.14. The van der Waals surface area contributed by atoms with Gasteiger partial charge in [-0.1, -0.05) is 12.1 Å². The molecular formula is C24H20BrNO5. The average Bonchev–Trinajstić information content (AvgIpc) is 2.79. The second kappa shape index (κ2) is 10.4. The molecule has 6 nitrogen and oxygen atoms in total. The van der Waals surface area contributed by atoms with Crippen molar-refractivity contribution in [3.63, 3.8) is 0 Å². The lowest BCUT2D eigenvalue weighted by molar-refractivity contribution is -0.129. The molecule has 31 heavy (non-hydrogen) atoms. The molecule has 158 valence electrons. The third-order valence-electron chi connectivity index (χ3n) is 4.17. The number of methoxy groups -OCH3 is 2. The van der Waals surface area contributed by atoms with Crippen molar-refractivity contribution in [3.05, 3.63) is 82.3 Å².